The van der Waals surface area contributed by atoms with Gasteiger partial charge in [0.25, 0.3) is 0 Å². The minimum absolute atomic E-state index is 0.0663. The fraction of sp³-hybridized carbons (Fsp3) is 0.500. The molecule has 0 atom stereocenters. The number of nitrogens with one attached hydrogen (secondary N) is 1. The summed E-state index contributed by atoms with van der Waals surface area (Å²) in [4.78, 5) is 11.8. The van der Waals surface area contributed by atoms with Gasteiger partial charge in [0.1, 0.15) is 5.82 Å². The Morgan fingerprint density at radius 3 is 2.89 bits per heavy atom. The Morgan fingerprint density at radius 1 is 1.39 bits per heavy atom. The van der Waals surface area contributed by atoms with E-state index in [2.05, 4.69) is 5.32 Å². The monoisotopic (exact) mass is 251 g/mol. The zero-order chi connectivity index (χ0) is 12.8. The molecule has 98 valence electrons. The van der Waals surface area contributed by atoms with E-state index in [-0.39, 0.29) is 17.7 Å². The van der Waals surface area contributed by atoms with Crippen molar-refractivity contribution in [2.45, 2.75) is 25.4 Å². The van der Waals surface area contributed by atoms with Crippen LogP contribution >= 0.6 is 0 Å². The highest BCUT2D eigenvalue weighted by Crippen LogP contribution is 2.10. The highest BCUT2D eigenvalue weighted by molar-refractivity contribution is 5.96. The first-order chi connectivity index (χ1) is 8.75. The Morgan fingerprint density at radius 2 is 2.17 bits per heavy atom. The van der Waals surface area contributed by atoms with Crippen LogP contribution in [0.4, 0.5) is 4.39 Å². The van der Waals surface area contributed by atoms with Crippen LogP contribution in [0.15, 0.2) is 24.3 Å². The number of hydrogen-bond acceptors (Lipinski definition) is 3. The van der Waals surface area contributed by atoms with Crippen molar-refractivity contribution >= 4 is 5.78 Å². The molecule has 1 aromatic carbocycles. The zero-order valence-electron chi connectivity index (χ0n) is 10.3. The van der Waals surface area contributed by atoms with Gasteiger partial charge in [0.15, 0.2) is 5.78 Å². The number of benzene rings is 1. The second kappa shape index (κ2) is 6.61. The summed E-state index contributed by atoms with van der Waals surface area (Å²) in [6.45, 7) is 2.37. The highest BCUT2D eigenvalue weighted by Gasteiger charge is 2.14. The van der Waals surface area contributed by atoms with E-state index in [1.54, 1.807) is 12.1 Å². The predicted octanol–water partition coefficient (Wildman–Crippen LogP) is 2.17. The lowest BCUT2D eigenvalue weighted by Gasteiger charge is -2.22. The predicted molar refractivity (Wildman–Crippen MR) is 67.2 cm³/mol. The summed E-state index contributed by atoms with van der Waals surface area (Å²) >= 11 is 0. The number of carbonyl (C=O) groups excluding carboxylic acids is 1. The molecule has 0 bridgehead atoms. The summed E-state index contributed by atoms with van der Waals surface area (Å²) in [5.41, 5.74) is 0.420. The third kappa shape index (κ3) is 3.89. The third-order valence-corrected chi connectivity index (χ3v) is 3.12. The lowest BCUT2D eigenvalue weighted by Crippen LogP contribution is -2.32. The van der Waals surface area contributed by atoms with Crippen LogP contribution < -0.4 is 5.32 Å². The number of piperidine rings is 1. The molecule has 1 aromatic rings. The molecular formula is C14H18FNO2. The summed E-state index contributed by atoms with van der Waals surface area (Å²) in [6.07, 6.45) is 2.56. The van der Waals surface area contributed by atoms with Gasteiger partial charge in [-0.3, -0.25) is 4.79 Å². The summed E-state index contributed by atoms with van der Waals surface area (Å²) in [5.74, 6) is -0.441. The average Bonchev–Trinajstić information content (AvgIpc) is 2.40. The molecule has 1 heterocycles. The van der Waals surface area contributed by atoms with Crippen LogP contribution in [0.5, 0.6) is 0 Å². The van der Waals surface area contributed by atoms with Crippen molar-refractivity contribution in [2.75, 3.05) is 19.7 Å². The fourth-order valence-electron chi connectivity index (χ4n) is 2.09. The van der Waals surface area contributed by atoms with E-state index in [0.29, 0.717) is 18.6 Å². The quantitative estimate of drug-likeness (QED) is 0.815. The molecule has 1 aliphatic rings. The summed E-state index contributed by atoms with van der Waals surface area (Å²) in [5, 5.41) is 3.26. The molecule has 0 radical (unpaired) electrons. The summed E-state index contributed by atoms with van der Waals surface area (Å²) < 4.78 is 18.6. The first kappa shape index (κ1) is 13.2. The molecule has 2 rings (SSSR count). The van der Waals surface area contributed by atoms with Gasteiger partial charge in [-0.15, -0.1) is 0 Å². The standard InChI is InChI=1S/C14H18FNO2/c15-12-3-1-2-11(10-12)14(17)6-9-18-13-4-7-16-8-5-13/h1-3,10,13,16H,4-9H2. The van der Waals surface area contributed by atoms with Gasteiger partial charge in [0.2, 0.25) is 0 Å². The van der Waals surface area contributed by atoms with E-state index in [1.165, 1.54) is 12.1 Å². The smallest absolute Gasteiger partial charge is 0.165 e. The normalized spacial score (nSPS) is 16.7. The molecule has 1 saturated heterocycles. The first-order valence-electron chi connectivity index (χ1n) is 6.37. The zero-order valence-corrected chi connectivity index (χ0v) is 10.3. The molecule has 0 aliphatic carbocycles. The number of halogens is 1. The summed E-state index contributed by atoms with van der Waals surface area (Å²) in [6, 6.07) is 5.79. The average molecular weight is 251 g/mol. The largest absolute Gasteiger partial charge is 0.378 e. The van der Waals surface area contributed by atoms with Crippen molar-refractivity contribution < 1.29 is 13.9 Å². The van der Waals surface area contributed by atoms with E-state index in [1.807, 2.05) is 0 Å². The minimum Gasteiger partial charge on any atom is -0.378 e. The highest BCUT2D eigenvalue weighted by atomic mass is 19.1. The minimum atomic E-state index is -0.375. The molecule has 0 unspecified atom stereocenters. The Labute approximate surface area is 106 Å². The van der Waals surface area contributed by atoms with Gasteiger partial charge in [0, 0.05) is 12.0 Å². The van der Waals surface area contributed by atoms with Crippen LogP contribution in [-0.2, 0) is 4.74 Å². The van der Waals surface area contributed by atoms with Crippen molar-refractivity contribution in [3.63, 3.8) is 0 Å². The van der Waals surface area contributed by atoms with Gasteiger partial charge in [-0.05, 0) is 38.1 Å². The number of hydrogen-bond donors (Lipinski definition) is 1. The molecular weight excluding hydrogens is 233 g/mol. The van der Waals surface area contributed by atoms with Crippen molar-refractivity contribution in [3.8, 4) is 0 Å². The van der Waals surface area contributed by atoms with Gasteiger partial charge in [-0.25, -0.2) is 4.39 Å². The van der Waals surface area contributed by atoms with Crippen LogP contribution in [0.3, 0.4) is 0 Å². The molecule has 3 nitrogen and oxygen atoms in total. The number of ketones is 1. The van der Waals surface area contributed by atoms with Gasteiger partial charge in [-0.1, -0.05) is 12.1 Å². The SMILES string of the molecule is O=C(CCOC1CCNCC1)c1cccc(F)c1. The fourth-order valence-corrected chi connectivity index (χ4v) is 2.09. The van der Waals surface area contributed by atoms with Gasteiger partial charge in [-0.2, -0.15) is 0 Å². The molecule has 0 amide bonds. The Hall–Kier alpha value is -1.26. The van der Waals surface area contributed by atoms with E-state index < -0.39 is 0 Å². The molecule has 18 heavy (non-hydrogen) atoms. The Balaban J connectivity index is 1.74. The van der Waals surface area contributed by atoms with Crippen LogP contribution in [0, 0.1) is 5.82 Å². The van der Waals surface area contributed by atoms with Crippen LogP contribution in [0.1, 0.15) is 29.6 Å². The molecule has 1 fully saturated rings. The van der Waals surface area contributed by atoms with Crippen molar-refractivity contribution in [1.82, 2.24) is 5.32 Å². The van der Waals surface area contributed by atoms with E-state index in [0.717, 1.165) is 25.9 Å². The van der Waals surface area contributed by atoms with Gasteiger partial charge in [0.05, 0.1) is 12.7 Å². The first-order valence-corrected chi connectivity index (χ1v) is 6.37. The molecule has 1 aliphatic heterocycles. The second-order valence-electron chi connectivity index (χ2n) is 4.50. The van der Waals surface area contributed by atoms with Crippen molar-refractivity contribution in [3.05, 3.63) is 35.6 Å². The number of rotatable bonds is 5. The topological polar surface area (TPSA) is 38.3 Å². The Bertz CT molecular complexity index is 403. The van der Waals surface area contributed by atoms with E-state index >= 15 is 0 Å². The second-order valence-corrected chi connectivity index (χ2v) is 4.50. The molecule has 1 N–H and O–H groups in total. The molecule has 0 saturated carbocycles. The number of Topliss-reactive ketones (excluding diaryl/α,β-unsaturated/α-hetero) is 1. The van der Waals surface area contributed by atoms with E-state index in [9.17, 15) is 9.18 Å². The molecule has 0 aromatic heterocycles. The van der Waals surface area contributed by atoms with Gasteiger partial charge >= 0.3 is 0 Å². The third-order valence-electron chi connectivity index (χ3n) is 3.12. The van der Waals surface area contributed by atoms with Gasteiger partial charge < -0.3 is 10.1 Å². The molecule has 0 spiro atoms. The Kier molecular flexibility index (Phi) is 4.84. The maximum atomic E-state index is 13.0. The number of ether oxygens (including phenoxy) is 1. The van der Waals surface area contributed by atoms with Crippen molar-refractivity contribution in [2.24, 2.45) is 0 Å². The molecule has 4 heteroatoms. The maximum Gasteiger partial charge on any atom is 0.165 e. The maximum absolute atomic E-state index is 13.0. The van der Waals surface area contributed by atoms with Crippen LogP contribution in [-0.4, -0.2) is 31.6 Å². The summed E-state index contributed by atoms with van der Waals surface area (Å²) in [7, 11) is 0. The van der Waals surface area contributed by atoms with Crippen molar-refractivity contribution in [1.29, 1.82) is 0 Å². The number of carbonyl (C=O) groups is 1. The van der Waals surface area contributed by atoms with Crippen LogP contribution in [0.25, 0.3) is 0 Å². The van der Waals surface area contributed by atoms with E-state index in [4.69, 9.17) is 4.74 Å². The van der Waals surface area contributed by atoms with Crippen LogP contribution in [0.2, 0.25) is 0 Å². The lowest BCUT2D eigenvalue weighted by atomic mass is 10.1. The lowest BCUT2D eigenvalue weighted by molar-refractivity contribution is 0.0313.